The van der Waals surface area contributed by atoms with Gasteiger partial charge >= 0.3 is 5.97 Å². The minimum absolute atomic E-state index is 0.0768. The Morgan fingerprint density at radius 1 is 1.26 bits per heavy atom. The van der Waals surface area contributed by atoms with E-state index < -0.39 is 11.5 Å². The number of carboxylic acid groups (broad SMARTS) is 1. The zero-order valence-corrected chi connectivity index (χ0v) is 10.7. The van der Waals surface area contributed by atoms with Crippen LogP contribution in [0.25, 0.3) is 0 Å². The minimum Gasteiger partial charge on any atom is -0.481 e. The van der Waals surface area contributed by atoms with Crippen molar-refractivity contribution in [3.8, 4) is 0 Å². The first-order chi connectivity index (χ1) is 8.99. The average molecular weight is 263 g/mol. The summed E-state index contributed by atoms with van der Waals surface area (Å²) in [6.07, 6.45) is 0.0768. The van der Waals surface area contributed by atoms with Crippen molar-refractivity contribution < 1.29 is 14.7 Å². The number of hydrogen-bond donors (Lipinski definition) is 4. The number of benzene rings is 1. The number of rotatable bonds is 5. The Kier molecular flexibility index (Phi) is 3.71. The normalized spacial score (nSPS) is 16.3. The molecule has 1 aromatic rings. The Morgan fingerprint density at radius 3 is 2.26 bits per heavy atom. The van der Waals surface area contributed by atoms with Gasteiger partial charge in [0, 0.05) is 31.4 Å². The third-order valence-electron chi connectivity index (χ3n) is 3.03. The van der Waals surface area contributed by atoms with Gasteiger partial charge in [-0.2, -0.15) is 0 Å². The van der Waals surface area contributed by atoms with Gasteiger partial charge in [0.1, 0.15) is 0 Å². The highest BCUT2D eigenvalue weighted by molar-refractivity contribution is 5.88. The molecular formula is C13H17N3O3. The lowest BCUT2D eigenvalue weighted by atomic mass is 9.88. The molecule has 19 heavy (non-hydrogen) atoms. The summed E-state index contributed by atoms with van der Waals surface area (Å²) in [5.74, 6) is -0.935. The largest absolute Gasteiger partial charge is 0.481 e. The van der Waals surface area contributed by atoms with Crippen molar-refractivity contribution in [2.24, 2.45) is 0 Å². The number of carbonyl (C=O) groups excluding carboxylic acids is 1. The lowest BCUT2D eigenvalue weighted by Gasteiger charge is -2.43. The SMILES string of the molecule is CC(=O)Nc1ccc(NC2(CC(=O)O)CNC2)cc1. The molecule has 0 bridgehead atoms. The van der Waals surface area contributed by atoms with Gasteiger partial charge in [0.05, 0.1) is 12.0 Å². The van der Waals surface area contributed by atoms with Crippen molar-refractivity contribution in [2.75, 3.05) is 23.7 Å². The Bertz CT molecular complexity index is 480. The first-order valence-electron chi connectivity index (χ1n) is 6.07. The van der Waals surface area contributed by atoms with Crippen LogP contribution in [0.2, 0.25) is 0 Å². The predicted molar refractivity (Wildman–Crippen MR) is 72.2 cm³/mol. The van der Waals surface area contributed by atoms with Crippen molar-refractivity contribution in [1.82, 2.24) is 5.32 Å². The summed E-state index contributed by atoms with van der Waals surface area (Å²) in [7, 11) is 0. The molecule has 1 heterocycles. The number of aliphatic carboxylic acids is 1. The molecule has 0 unspecified atom stereocenters. The summed E-state index contributed by atoms with van der Waals surface area (Å²) in [5, 5.41) is 17.9. The summed E-state index contributed by atoms with van der Waals surface area (Å²) in [6, 6.07) is 7.22. The number of nitrogens with one attached hydrogen (secondary N) is 3. The zero-order valence-electron chi connectivity index (χ0n) is 10.7. The van der Waals surface area contributed by atoms with E-state index in [0.717, 1.165) is 11.4 Å². The van der Waals surface area contributed by atoms with E-state index in [-0.39, 0.29) is 12.3 Å². The van der Waals surface area contributed by atoms with Crippen LogP contribution in [-0.2, 0) is 9.59 Å². The fraction of sp³-hybridized carbons (Fsp3) is 0.385. The van der Waals surface area contributed by atoms with Crippen LogP contribution in [-0.4, -0.2) is 35.6 Å². The summed E-state index contributed by atoms with van der Waals surface area (Å²) in [4.78, 5) is 21.8. The number of carbonyl (C=O) groups is 2. The van der Waals surface area contributed by atoms with E-state index in [1.807, 2.05) is 12.1 Å². The first kappa shape index (κ1) is 13.4. The van der Waals surface area contributed by atoms with Crippen molar-refractivity contribution in [3.63, 3.8) is 0 Å². The van der Waals surface area contributed by atoms with Crippen LogP contribution in [0.5, 0.6) is 0 Å². The summed E-state index contributed by atoms with van der Waals surface area (Å²) >= 11 is 0. The maximum atomic E-state index is 10.9. The third-order valence-corrected chi connectivity index (χ3v) is 3.03. The van der Waals surface area contributed by atoms with Crippen LogP contribution in [0.1, 0.15) is 13.3 Å². The van der Waals surface area contributed by atoms with E-state index in [1.165, 1.54) is 6.92 Å². The minimum atomic E-state index is -0.816. The molecule has 1 aliphatic heterocycles. The second-order valence-corrected chi connectivity index (χ2v) is 4.84. The maximum Gasteiger partial charge on any atom is 0.305 e. The molecule has 0 saturated carbocycles. The molecule has 1 amide bonds. The van der Waals surface area contributed by atoms with Crippen LogP contribution in [0.4, 0.5) is 11.4 Å². The monoisotopic (exact) mass is 263 g/mol. The molecule has 0 aliphatic carbocycles. The molecule has 6 heteroatoms. The summed E-state index contributed by atoms with van der Waals surface area (Å²) < 4.78 is 0. The number of carboxylic acids is 1. The van der Waals surface area contributed by atoms with Gasteiger partial charge in [0.2, 0.25) is 5.91 Å². The van der Waals surface area contributed by atoms with E-state index >= 15 is 0 Å². The van der Waals surface area contributed by atoms with E-state index in [4.69, 9.17) is 5.11 Å². The van der Waals surface area contributed by atoms with Crippen molar-refractivity contribution in [2.45, 2.75) is 18.9 Å². The zero-order chi connectivity index (χ0) is 13.9. The molecule has 0 aromatic heterocycles. The van der Waals surface area contributed by atoms with Crippen molar-refractivity contribution in [3.05, 3.63) is 24.3 Å². The Hall–Kier alpha value is -2.08. The fourth-order valence-corrected chi connectivity index (χ4v) is 2.12. The lowest BCUT2D eigenvalue weighted by Crippen LogP contribution is -2.65. The molecule has 0 spiro atoms. The van der Waals surface area contributed by atoms with Gasteiger partial charge in [-0.15, -0.1) is 0 Å². The quantitative estimate of drug-likeness (QED) is 0.633. The maximum absolute atomic E-state index is 10.9. The van der Waals surface area contributed by atoms with Gasteiger partial charge in [0.25, 0.3) is 0 Å². The number of anilines is 2. The first-order valence-corrected chi connectivity index (χ1v) is 6.07. The van der Waals surface area contributed by atoms with E-state index in [2.05, 4.69) is 16.0 Å². The molecule has 1 fully saturated rings. The van der Waals surface area contributed by atoms with E-state index in [0.29, 0.717) is 13.1 Å². The molecule has 4 N–H and O–H groups in total. The average Bonchev–Trinajstić information content (AvgIpc) is 2.27. The molecule has 1 saturated heterocycles. The third kappa shape index (κ3) is 3.45. The van der Waals surface area contributed by atoms with E-state index in [9.17, 15) is 9.59 Å². The molecular weight excluding hydrogens is 246 g/mol. The van der Waals surface area contributed by atoms with Crippen LogP contribution >= 0.6 is 0 Å². The number of hydrogen-bond acceptors (Lipinski definition) is 4. The fourth-order valence-electron chi connectivity index (χ4n) is 2.12. The second kappa shape index (κ2) is 5.27. The Labute approximate surface area is 111 Å². The van der Waals surface area contributed by atoms with Gasteiger partial charge in [0.15, 0.2) is 0 Å². The molecule has 2 rings (SSSR count). The molecule has 1 aliphatic rings. The predicted octanol–water partition coefficient (Wildman–Crippen LogP) is 0.874. The van der Waals surface area contributed by atoms with Crippen molar-refractivity contribution in [1.29, 1.82) is 0 Å². The summed E-state index contributed by atoms with van der Waals surface area (Å²) in [6.45, 7) is 2.72. The molecule has 102 valence electrons. The lowest BCUT2D eigenvalue weighted by molar-refractivity contribution is -0.138. The van der Waals surface area contributed by atoms with Gasteiger partial charge in [-0.1, -0.05) is 0 Å². The summed E-state index contributed by atoms with van der Waals surface area (Å²) in [5.41, 5.74) is 1.15. The molecule has 1 aromatic carbocycles. The Morgan fingerprint density at radius 2 is 1.84 bits per heavy atom. The highest BCUT2D eigenvalue weighted by Gasteiger charge is 2.38. The van der Waals surface area contributed by atoms with Crippen LogP contribution < -0.4 is 16.0 Å². The van der Waals surface area contributed by atoms with Gasteiger partial charge < -0.3 is 21.1 Å². The second-order valence-electron chi connectivity index (χ2n) is 4.84. The van der Waals surface area contributed by atoms with Crippen LogP contribution in [0, 0.1) is 0 Å². The number of amides is 1. The van der Waals surface area contributed by atoms with Crippen LogP contribution in [0.3, 0.4) is 0 Å². The molecule has 0 atom stereocenters. The molecule has 0 radical (unpaired) electrons. The van der Waals surface area contributed by atoms with Gasteiger partial charge in [-0.3, -0.25) is 9.59 Å². The standard InChI is InChI=1S/C13H17N3O3/c1-9(17)15-10-2-4-11(5-3-10)16-13(6-12(18)19)7-14-8-13/h2-5,14,16H,6-8H2,1H3,(H,15,17)(H,18,19). The van der Waals surface area contributed by atoms with Gasteiger partial charge in [-0.05, 0) is 24.3 Å². The Balaban J connectivity index is 2.02. The highest BCUT2D eigenvalue weighted by atomic mass is 16.4. The molecule has 6 nitrogen and oxygen atoms in total. The smallest absolute Gasteiger partial charge is 0.305 e. The van der Waals surface area contributed by atoms with E-state index in [1.54, 1.807) is 12.1 Å². The van der Waals surface area contributed by atoms with Crippen LogP contribution in [0.15, 0.2) is 24.3 Å². The highest BCUT2D eigenvalue weighted by Crippen LogP contribution is 2.24. The van der Waals surface area contributed by atoms with Gasteiger partial charge in [-0.25, -0.2) is 0 Å². The van der Waals surface area contributed by atoms with Crippen molar-refractivity contribution >= 4 is 23.3 Å². The topological polar surface area (TPSA) is 90.5 Å².